The van der Waals surface area contributed by atoms with E-state index in [1.165, 1.54) is 12.8 Å². The maximum Gasteiger partial charge on any atom is 0.144 e. The van der Waals surface area contributed by atoms with E-state index < -0.39 is 0 Å². The smallest absolute Gasteiger partial charge is 0.144 e. The molecule has 1 saturated carbocycles. The van der Waals surface area contributed by atoms with Gasteiger partial charge in [-0.1, -0.05) is 24.4 Å². The second-order valence-electron chi connectivity index (χ2n) is 4.33. The highest BCUT2D eigenvalue weighted by atomic mass is 35.5. The minimum absolute atomic E-state index is 0.415. The van der Waals surface area contributed by atoms with Crippen LogP contribution in [0.2, 0.25) is 5.02 Å². The molecule has 2 rings (SSSR count). The second kappa shape index (κ2) is 5.41. The third kappa shape index (κ3) is 2.91. The van der Waals surface area contributed by atoms with Gasteiger partial charge in [0.15, 0.2) is 0 Å². The predicted molar refractivity (Wildman–Crippen MR) is 71.2 cm³/mol. The Morgan fingerprint density at radius 1 is 1.41 bits per heavy atom. The molecule has 0 saturated heterocycles. The molecule has 3 nitrogen and oxygen atoms in total. The van der Waals surface area contributed by atoms with Crippen LogP contribution in [0.1, 0.15) is 25.7 Å². The molecule has 0 bridgehead atoms. The minimum Gasteiger partial charge on any atom is -0.494 e. The summed E-state index contributed by atoms with van der Waals surface area (Å²) >= 11 is 5.95. The molecule has 1 fully saturated rings. The molecular formula is C13H17ClN2O. The zero-order valence-corrected chi connectivity index (χ0v) is 10.7. The molecule has 0 radical (unpaired) electrons. The van der Waals surface area contributed by atoms with Gasteiger partial charge in [-0.25, -0.2) is 4.99 Å². The summed E-state index contributed by atoms with van der Waals surface area (Å²) in [6.07, 6.45) is 4.76. The van der Waals surface area contributed by atoms with Crippen LogP contribution in [0.3, 0.4) is 0 Å². The summed E-state index contributed by atoms with van der Waals surface area (Å²) in [7, 11) is 1.62. The first kappa shape index (κ1) is 12.2. The molecule has 0 unspecified atom stereocenters. The van der Waals surface area contributed by atoms with Crippen LogP contribution in [0.15, 0.2) is 23.2 Å². The van der Waals surface area contributed by atoms with Crippen molar-refractivity contribution in [3.8, 4) is 5.75 Å². The maximum absolute atomic E-state index is 6.04. The van der Waals surface area contributed by atoms with Crippen molar-refractivity contribution < 1.29 is 4.74 Å². The van der Waals surface area contributed by atoms with Crippen LogP contribution in [-0.4, -0.2) is 12.9 Å². The Morgan fingerprint density at radius 3 is 2.76 bits per heavy atom. The molecular weight excluding hydrogens is 236 g/mol. The van der Waals surface area contributed by atoms with E-state index in [4.69, 9.17) is 22.1 Å². The maximum atomic E-state index is 6.04. The lowest BCUT2D eigenvalue weighted by molar-refractivity contribution is 0.416. The number of amidine groups is 1. The zero-order valence-electron chi connectivity index (χ0n) is 9.95. The standard InChI is InChI=1S/C13H17ClN2O/c1-17-12-7-6-10(14)8-11(12)16-13(15)9-4-2-3-5-9/h6-9H,2-5H2,1H3,(H2,15,16). The Labute approximate surface area is 107 Å². The van der Waals surface area contributed by atoms with Gasteiger partial charge in [0.1, 0.15) is 17.3 Å². The molecule has 4 heteroatoms. The average molecular weight is 253 g/mol. The number of hydrogen-bond donors (Lipinski definition) is 1. The Balaban J connectivity index is 2.26. The molecule has 1 aromatic rings. The van der Waals surface area contributed by atoms with Crippen molar-refractivity contribution in [2.75, 3.05) is 7.11 Å². The van der Waals surface area contributed by atoms with Crippen LogP contribution in [-0.2, 0) is 0 Å². The molecule has 1 aliphatic rings. The largest absolute Gasteiger partial charge is 0.494 e. The van der Waals surface area contributed by atoms with Crippen LogP contribution in [0.25, 0.3) is 0 Å². The first-order chi connectivity index (χ1) is 8.20. The lowest BCUT2D eigenvalue weighted by atomic mass is 10.1. The second-order valence-corrected chi connectivity index (χ2v) is 4.77. The van der Waals surface area contributed by atoms with Crippen molar-refractivity contribution in [2.24, 2.45) is 16.6 Å². The summed E-state index contributed by atoms with van der Waals surface area (Å²) in [6.45, 7) is 0. The SMILES string of the molecule is COc1ccc(Cl)cc1N=C(N)C1CCCC1. The van der Waals surface area contributed by atoms with Crippen molar-refractivity contribution >= 4 is 23.1 Å². The molecule has 1 aromatic carbocycles. The molecule has 0 atom stereocenters. The van der Waals surface area contributed by atoms with E-state index in [0.717, 1.165) is 12.8 Å². The van der Waals surface area contributed by atoms with Crippen LogP contribution in [0, 0.1) is 5.92 Å². The average Bonchev–Trinajstić information content (AvgIpc) is 2.83. The van der Waals surface area contributed by atoms with E-state index in [2.05, 4.69) is 4.99 Å². The van der Waals surface area contributed by atoms with E-state index in [9.17, 15) is 0 Å². The van der Waals surface area contributed by atoms with E-state index in [0.29, 0.717) is 28.2 Å². The monoisotopic (exact) mass is 252 g/mol. The number of rotatable bonds is 3. The first-order valence-electron chi connectivity index (χ1n) is 5.88. The minimum atomic E-state index is 0.415. The van der Waals surface area contributed by atoms with Crippen LogP contribution in [0.4, 0.5) is 5.69 Å². The van der Waals surface area contributed by atoms with Gasteiger partial charge in [0, 0.05) is 10.9 Å². The van der Waals surface area contributed by atoms with Crippen molar-refractivity contribution in [2.45, 2.75) is 25.7 Å². The Bertz CT molecular complexity index is 425. The van der Waals surface area contributed by atoms with Crippen molar-refractivity contribution in [1.29, 1.82) is 0 Å². The van der Waals surface area contributed by atoms with Gasteiger partial charge in [-0.05, 0) is 31.0 Å². The Hall–Kier alpha value is -1.22. The van der Waals surface area contributed by atoms with E-state index in [1.807, 2.05) is 6.07 Å². The highest BCUT2D eigenvalue weighted by molar-refractivity contribution is 6.30. The fourth-order valence-electron chi connectivity index (χ4n) is 2.20. The van der Waals surface area contributed by atoms with Gasteiger partial charge in [-0.3, -0.25) is 0 Å². The van der Waals surface area contributed by atoms with Gasteiger partial charge in [0.05, 0.1) is 7.11 Å². The van der Waals surface area contributed by atoms with Crippen molar-refractivity contribution in [3.63, 3.8) is 0 Å². The topological polar surface area (TPSA) is 47.6 Å². The molecule has 1 aliphatic carbocycles. The highest BCUT2D eigenvalue weighted by Crippen LogP contribution is 2.32. The zero-order chi connectivity index (χ0) is 12.3. The molecule has 0 spiro atoms. The number of halogens is 1. The summed E-state index contributed by atoms with van der Waals surface area (Å²) in [5.74, 6) is 1.82. The first-order valence-corrected chi connectivity index (χ1v) is 6.26. The van der Waals surface area contributed by atoms with E-state index in [1.54, 1.807) is 19.2 Å². The summed E-state index contributed by atoms with van der Waals surface area (Å²) in [4.78, 5) is 4.46. The van der Waals surface area contributed by atoms with Crippen molar-refractivity contribution in [1.82, 2.24) is 0 Å². The number of nitrogens with zero attached hydrogens (tertiary/aromatic N) is 1. The fraction of sp³-hybridized carbons (Fsp3) is 0.462. The number of hydrogen-bond acceptors (Lipinski definition) is 2. The van der Waals surface area contributed by atoms with Crippen LogP contribution >= 0.6 is 11.6 Å². The molecule has 17 heavy (non-hydrogen) atoms. The normalized spacial score (nSPS) is 17.4. The number of aliphatic imine (C=N–C) groups is 1. The fourth-order valence-corrected chi connectivity index (χ4v) is 2.37. The summed E-state index contributed by atoms with van der Waals surface area (Å²) in [6, 6.07) is 5.37. The molecule has 2 N–H and O–H groups in total. The molecule has 0 amide bonds. The number of methoxy groups -OCH3 is 1. The highest BCUT2D eigenvalue weighted by Gasteiger charge is 2.19. The van der Waals surface area contributed by atoms with E-state index >= 15 is 0 Å². The molecule has 0 heterocycles. The van der Waals surface area contributed by atoms with Gasteiger partial charge < -0.3 is 10.5 Å². The van der Waals surface area contributed by atoms with Crippen LogP contribution < -0.4 is 10.5 Å². The van der Waals surface area contributed by atoms with Gasteiger partial charge >= 0.3 is 0 Å². The van der Waals surface area contributed by atoms with Gasteiger partial charge in [-0.15, -0.1) is 0 Å². The molecule has 92 valence electrons. The lowest BCUT2D eigenvalue weighted by Crippen LogP contribution is -2.20. The van der Waals surface area contributed by atoms with E-state index in [-0.39, 0.29) is 0 Å². The summed E-state index contributed by atoms with van der Waals surface area (Å²) < 4.78 is 5.24. The summed E-state index contributed by atoms with van der Waals surface area (Å²) in [5.41, 5.74) is 6.75. The van der Waals surface area contributed by atoms with Gasteiger partial charge in [0.25, 0.3) is 0 Å². The third-order valence-electron chi connectivity index (χ3n) is 3.16. The number of nitrogens with two attached hydrogens (primary N) is 1. The van der Waals surface area contributed by atoms with Crippen LogP contribution in [0.5, 0.6) is 5.75 Å². The summed E-state index contributed by atoms with van der Waals surface area (Å²) in [5, 5.41) is 0.642. The van der Waals surface area contributed by atoms with Gasteiger partial charge in [0.2, 0.25) is 0 Å². The van der Waals surface area contributed by atoms with Gasteiger partial charge in [-0.2, -0.15) is 0 Å². The Morgan fingerprint density at radius 2 is 2.12 bits per heavy atom. The third-order valence-corrected chi connectivity index (χ3v) is 3.40. The lowest BCUT2D eigenvalue weighted by Gasteiger charge is -2.10. The Kier molecular flexibility index (Phi) is 3.89. The van der Waals surface area contributed by atoms with Crippen molar-refractivity contribution in [3.05, 3.63) is 23.2 Å². The predicted octanol–water partition coefficient (Wildman–Crippen LogP) is 3.53. The molecule has 0 aromatic heterocycles. The molecule has 0 aliphatic heterocycles. The quantitative estimate of drug-likeness (QED) is 0.661. The number of benzene rings is 1. The number of ether oxygens (including phenoxy) is 1.